The number of fused-ring (bicyclic) bond motifs is 1. The number of benzene rings is 2. The summed E-state index contributed by atoms with van der Waals surface area (Å²) in [6, 6.07) is 16.6. The van der Waals surface area contributed by atoms with Gasteiger partial charge in [-0.15, -0.1) is 0 Å². The predicted molar refractivity (Wildman–Crippen MR) is 141 cm³/mol. The Morgan fingerprint density at radius 2 is 1.95 bits per heavy atom. The van der Waals surface area contributed by atoms with Gasteiger partial charge in [-0.3, -0.25) is 19.5 Å². The first-order valence-corrected chi connectivity index (χ1v) is 12.4. The van der Waals surface area contributed by atoms with E-state index in [1.807, 2.05) is 24.3 Å². The Morgan fingerprint density at radius 1 is 1.16 bits per heavy atom. The molecule has 0 aliphatic carbocycles. The second-order valence-corrected chi connectivity index (χ2v) is 9.27. The maximum Gasteiger partial charge on any atom is 0.294 e. The molecule has 4 aromatic rings. The summed E-state index contributed by atoms with van der Waals surface area (Å²) in [6.45, 7) is 2.13. The maximum absolute atomic E-state index is 13.8. The van der Waals surface area contributed by atoms with Crippen LogP contribution in [0.5, 0.6) is 5.75 Å². The summed E-state index contributed by atoms with van der Waals surface area (Å²) in [7, 11) is 1.47. The standard InChI is InChI=1S/C29H25ClN2O5/c1-3-4-7-17-9-11-20(12-10-17)32-25(21-8-5-6-13-31-21)24(27(34)29(32)35)26(33)22-15-18-14-19(30)16-23(36-2)28(18)37-22/h5-6,8-16,25,34H,3-4,7H2,1-2H3. The lowest BCUT2D eigenvalue weighted by molar-refractivity contribution is -0.117. The number of carbonyl (C=O) groups excluding carboxylic acids is 2. The highest BCUT2D eigenvalue weighted by atomic mass is 35.5. The normalized spacial score (nSPS) is 15.6. The van der Waals surface area contributed by atoms with Gasteiger partial charge in [0.1, 0.15) is 6.04 Å². The van der Waals surface area contributed by atoms with E-state index in [0.717, 1.165) is 24.8 Å². The number of methoxy groups -OCH3 is 1. The van der Waals surface area contributed by atoms with Crippen molar-refractivity contribution in [2.24, 2.45) is 0 Å². The molecule has 1 aliphatic heterocycles. The summed E-state index contributed by atoms with van der Waals surface area (Å²) in [5, 5.41) is 12.0. The number of unbranched alkanes of at least 4 members (excludes halogenated alkanes) is 1. The van der Waals surface area contributed by atoms with E-state index in [0.29, 0.717) is 33.1 Å². The minimum atomic E-state index is -0.943. The Morgan fingerprint density at radius 3 is 2.62 bits per heavy atom. The number of nitrogens with zero attached hydrogens (tertiary/aromatic N) is 2. The summed E-state index contributed by atoms with van der Waals surface area (Å²) in [5.74, 6) is -1.63. The zero-order chi connectivity index (χ0) is 26.1. The summed E-state index contributed by atoms with van der Waals surface area (Å²) < 4.78 is 11.2. The molecule has 0 saturated heterocycles. The molecule has 0 fully saturated rings. The molecule has 0 radical (unpaired) electrons. The molecule has 5 rings (SSSR count). The number of aromatic nitrogens is 1. The van der Waals surface area contributed by atoms with Gasteiger partial charge in [0, 0.05) is 28.4 Å². The molecule has 0 spiro atoms. The van der Waals surface area contributed by atoms with Crippen LogP contribution in [0.2, 0.25) is 5.02 Å². The van der Waals surface area contributed by atoms with Crippen LogP contribution in [0.4, 0.5) is 5.69 Å². The van der Waals surface area contributed by atoms with E-state index in [2.05, 4.69) is 11.9 Å². The number of aliphatic hydroxyl groups is 1. The molecule has 8 heteroatoms. The van der Waals surface area contributed by atoms with E-state index in [9.17, 15) is 14.7 Å². The number of halogens is 1. The fourth-order valence-corrected chi connectivity index (χ4v) is 4.82. The number of carbonyl (C=O) groups is 2. The third kappa shape index (κ3) is 4.47. The van der Waals surface area contributed by atoms with Gasteiger partial charge in [-0.05, 0) is 54.8 Å². The number of hydrogen-bond donors (Lipinski definition) is 1. The van der Waals surface area contributed by atoms with E-state index in [-0.39, 0.29) is 11.3 Å². The third-order valence-corrected chi connectivity index (χ3v) is 6.66. The molecular weight excluding hydrogens is 492 g/mol. The number of anilines is 1. The van der Waals surface area contributed by atoms with Crippen molar-refractivity contribution in [3.63, 3.8) is 0 Å². The van der Waals surface area contributed by atoms with E-state index in [1.165, 1.54) is 18.1 Å². The van der Waals surface area contributed by atoms with Crippen LogP contribution in [0.3, 0.4) is 0 Å². The quantitative estimate of drug-likeness (QED) is 0.265. The molecule has 0 bridgehead atoms. The molecule has 3 heterocycles. The number of pyridine rings is 1. The molecule has 2 aromatic heterocycles. The minimum absolute atomic E-state index is 0.0531. The Bertz CT molecular complexity index is 1510. The van der Waals surface area contributed by atoms with Crippen molar-refractivity contribution < 1.29 is 23.8 Å². The zero-order valence-corrected chi connectivity index (χ0v) is 21.2. The third-order valence-electron chi connectivity index (χ3n) is 6.44. The summed E-state index contributed by atoms with van der Waals surface area (Å²) in [5.41, 5.74) is 2.37. The average Bonchev–Trinajstić information content (AvgIpc) is 3.46. The second kappa shape index (κ2) is 10.1. The number of rotatable bonds is 8. The average molecular weight is 517 g/mol. The molecule has 1 aliphatic rings. The molecule has 1 amide bonds. The van der Waals surface area contributed by atoms with Gasteiger partial charge < -0.3 is 14.3 Å². The van der Waals surface area contributed by atoms with Crippen LogP contribution in [0.15, 0.2) is 82.6 Å². The highest BCUT2D eigenvalue weighted by Gasteiger charge is 2.46. The number of furan rings is 1. The number of aliphatic hydroxyl groups excluding tert-OH is 1. The summed E-state index contributed by atoms with van der Waals surface area (Å²) >= 11 is 6.17. The highest BCUT2D eigenvalue weighted by Crippen LogP contribution is 2.42. The predicted octanol–water partition coefficient (Wildman–Crippen LogP) is 6.62. The Hall–Kier alpha value is -4.10. The zero-order valence-electron chi connectivity index (χ0n) is 20.4. The number of ether oxygens (including phenoxy) is 1. The van der Waals surface area contributed by atoms with Gasteiger partial charge in [-0.1, -0.05) is 43.1 Å². The maximum atomic E-state index is 13.8. The molecule has 1 unspecified atom stereocenters. The lowest BCUT2D eigenvalue weighted by Gasteiger charge is -2.26. The van der Waals surface area contributed by atoms with Crippen molar-refractivity contribution in [3.8, 4) is 5.75 Å². The number of aryl methyl sites for hydroxylation is 1. The van der Waals surface area contributed by atoms with Crippen LogP contribution in [0.25, 0.3) is 11.0 Å². The second-order valence-electron chi connectivity index (χ2n) is 8.83. The number of Topliss-reactive ketones (excluding diaryl/α,β-unsaturated/α-hetero) is 1. The molecular formula is C29H25ClN2O5. The number of amides is 1. The van der Waals surface area contributed by atoms with Crippen molar-refractivity contribution >= 4 is 39.9 Å². The van der Waals surface area contributed by atoms with Gasteiger partial charge in [0.15, 0.2) is 22.9 Å². The fraction of sp³-hybridized carbons (Fsp3) is 0.207. The Kier molecular flexibility index (Phi) is 6.72. The van der Waals surface area contributed by atoms with E-state index >= 15 is 0 Å². The summed E-state index contributed by atoms with van der Waals surface area (Å²) in [4.78, 5) is 33.0. The lowest BCUT2D eigenvalue weighted by Crippen LogP contribution is -2.31. The van der Waals surface area contributed by atoms with Gasteiger partial charge in [-0.25, -0.2) is 0 Å². The van der Waals surface area contributed by atoms with Crippen LogP contribution in [0, 0.1) is 0 Å². The first-order chi connectivity index (χ1) is 17.9. The fourth-order valence-electron chi connectivity index (χ4n) is 4.61. The number of hydrogen-bond acceptors (Lipinski definition) is 6. The number of ketones is 1. The Balaban J connectivity index is 1.59. The van der Waals surface area contributed by atoms with Gasteiger partial charge in [0.2, 0.25) is 5.78 Å². The topological polar surface area (TPSA) is 92.9 Å². The minimum Gasteiger partial charge on any atom is -0.503 e. The van der Waals surface area contributed by atoms with Gasteiger partial charge >= 0.3 is 0 Å². The van der Waals surface area contributed by atoms with Crippen molar-refractivity contribution in [2.45, 2.75) is 32.2 Å². The highest BCUT2D eigenvalue weighted by molar-refractivity contribution is 6.31. The van der Waals surface area contributed by atoms with Crippen molar-refractivity contribution in [3.05, 3.63) is 100 Å². The molecule has 2 aromatic carbocycles. The largest absolute Gasteiger partial charge is 0.503 e. The SMILES string of the molecule is CCCCc1ccc(N2C(=O)C(O)=C(C(=O)c3cc4cc(Cl)cc(OC)c4o3)C2c2ccccn2)cc1. The molecule has 7 nitrogen and oxygen atoms in total. The Labute approximate surface area is 218 Å². The van der Waals surface area contributed by atoms with Crippen LogP contribution >= 0.6 is 11.6 Å². The monoisotopic (exact) mass is 516 g/mol. The van der Waals surface area contributed by atoms with E-state index in [1.54, 1.807) is 36.5 Å². The van der Waals surface area contributed by atoms with Crippen molar-refractivity contribution in [1.82, 2.24) is 4.98 Å². The molecule has 188 valence electrons. The van der Waals surface area contributed by atoms with Crippen LogP contribution < -0.4 is 9.64 Å². The molecule has 37 heavy (non-hydrogen) atoms. The lowest BCUT2D eigenvalue weighted by atomic mass is 9.98. The first-order valence-electron chi connectivity index (χ1n) is 12.0. The molecule has 1 N–H and O–H groups in total. The summed E-state index contributed by atoms with van der Waals surface area (Å²) in [6.07, 6.45) is 4.66. The van der Waals surface area contributed by atoms with Gasteiger partial charge in [-0.2, -0.15) is 0 Å². The van der Waals surface area contributed by atoms with E-state index < -0.39 is 23.5 Å². The molecule has 1 atom stereocenters. The van der Waals surface area contributed by atoms with Crippen molar-refractivity contribution in [1.29, 1.82) is 0 Å². The van der Waals surface area contributed by atoms with Crippen LogP contribution in [0.1, 0.15) is 47.6 Å². The van der Waals surface area contributed by atoms with Gasteiger partial charge in [0.05, 0.1) is 18.4 Å². The van der Waals surface area contributed by atoms with Crippen LogP contribution in [-0.2, 0) is 11.2 Å². The smallest absolute Gasteiger partial charge is 0.294 e. The van der Waals surface area contributed by atoms with Crippen LogP contribution in [-0.4, -0.2) is 28.9 Å². The molecule has 0 saturated carbocycles. The van der Waals surface area contributed by atoms with Crippen molar-refractivity contribution in [2.75, 3.05) is 12.0 Å². The van der Waals surface area contributed by atoms with Gasteiger partial charge in [0.25, 0.3) is 5.91 Å². The first kappa shape index (κ1) is 24.6. The van der Waals surface area contributed by atoms with E-state index in [4.69, 9.17) is 20.8 Å².